The van der Waals surface area contributed by atoms with Gasteiger partial charge in [-0.05, 0) is 44.0 Å². The van der Waals surface area contributed by atoms with Crippen LogP contribution in [0.1, 0.15) is 54.3 Å². The third-order valence-electron chi connectivity index (χ3n) is 7.38. The largest absolute Gasteiger partial charge is 0.459 e. The van der Waals surface area contributed by atoms with Crippen LogP contribution in [-0.2, 0) is 14.3 Å². The molecule has 214 valence electrons. The summed E-state index contributed by atoms with van der Waals surface area (Å²) >= 11 is 0. The molecule has 2 unspecified atom stereocenters. The molecule has 2 saturated heterocycles. The second-order valence-corrected chi connectivity index (χ2v) is 11.2. The highest BCUT2D eigenvalue weighted by molar-refractivity contribution is 5.98. The lowest BCUT2D eigenvalue weighted by Crippen LogP contribution is -2.55. The van der Waals surface area contributed by atoms with Gasteiger partial charge in [0, 0.05) is 5.56 Å². The van der Waals surface area contributed by atoms with Gasteiger partial charge in [0.25, 0.3) is 11.8 Å². The molecule has 10 heteroatoms. The molecule has 2 heterocycles. The number of amides is 2. The van der Waals surface area contributed by atoms with E-state index in [1.807, 2.05) is 0 Å². The van der Waals surface area contributed by atoms with Crippen molar-refractivity contribution >= 4 is 17.8 Å². The molecule has 4 atom stereocenters. The van der Waals surface area contributed by atoms with Crippen molar-refractivity contribution in [3.63, 3.8) is 0 Å². The Morgan fingerprint density at radius 3 is 1.88 bits per heavy atom. The second-order valence-electron chi connectivity index (χ2n) is 11.2. The number of alkyl halides is 3. The fourth-order valence-electron chi connectivity index (χ4n) is 5.65. The first kappa shape index (κ1) is 28.4. The Bertz CT molecular complexity index is 1430. The number of esters is 1. The molecule has 0 spiro atoms. The number of benzene rings is 3. The molecule has 3 aromatic carbocycles. The SMILES string of the molecule is CC(C)(C)OC(=O)C1(C(F)(F)F)CN2C(=O)[C@@H](NC(=O)c3ccccc3)[C@H](c3ccccc3)N2C1c1ccccc1. The zero-order chi connectivity index (χ0) is 29.6. The van der Waals surface area contributed by atoms with Gasteiger partial charge in [0.15, 0.2) is 0 Å². The number of carbonyl (C=O) groups excluding carboxylic acids is 3. The van der Waals surface area contributed by atoms with Crippen LogP contribution in [0.2, 0.25) is 0 Å². The van der Waals surface area contributed by atoms with Gasteiger partial charge in [0.2, 0.25) is 5.41 Å². The van der Waals surface area contributed by atoms with E-state index in [4.69, 9.17) is 4.74 Å². The van der Waals surface area contributed by atoms with Crippen LogP contribution in [0.4, 0.5) is 13.2 Å². The Kier molecular flexibility index (Phi) is 7.15. The van der Waals surface area contributed by atoms with Gasteiger partial charge in [0.1, 0.15) is 11.6 Å². The van der Waals surface area contributed by atoms with Gasteiger partial charge in [-0.25, -0.2) is 0 Å². The third kappa shape index (κ3) is 4.97. The zero-order valence-electron chi connectivity index (χ0n) is 22.8. The van der Waals surface area contributed by atoms with Crippen molar-refractivity contribution in [3.05, 3.63) is 108 Å². The molecule has 2 aliphatic heterocycles. The number of nitrogens with zero attached hydrogens (tertiary/aromatic N) is 2. The van der Waals surface area contributed by atoms with Gasteiger partial charge in [-0.2, -0.15) is 18.2 Å². The summed E-state index contributed by atoms with van der Waals surface area (Å²) in [5.41, 5.74) is -3.33. The van der Waals surface area contributed by atoms with Crippen molar-refractivity contribution in [3.8, 4) is 0 Å². The van der Waals surface area contributed by atoms with Crippen molar-refractivity contribution in [2.75, 3.05) is 6.54 Å². The summed E-state index contributed by atoms with van der Waals surface area (Å²) in [7, 11) is 0. The molecule has 0 aliphatic carbocycles. The lowest BCUT2D eigenvalue weighted by atomic mass is 9.75. The van der Waals surface area contributed by atoms with Gasteiger partial charge in [-0.1, -0.05) is 78.9 Å². The summed E-state index contributed by atoms with van der Waals surface area (Å²) in [5.74, 6) is -2.76. The van der Waals surface area contributed by atoms with Crippen molar-refractivity contribution in [2.24, 2.45) is 5.41 Å². The number of hydrogen-bond donors (Lipinski definition) is 1. The highest BCUT2D eigenvalue weighted by atomic mass is 19.4. The highest BCUT2D eigenvalue weighted by Gasteiger charge is 2.76. The molecule has 0 bridgehead atoms. The van der Waals surface area contributed by atoms with E-state index in [1.54, 1.807) is 78.9 Å². The molecule has 41 heavy (non-hydrogen) atoms. The molecule has 0 saturated carbocycles. The molecule has 0 aromatic heterocycles. The first-order valence-corrected chi connectivity index (χ1v) is 13.2. The molecule has 2 aliphatic rings. The lowest BCUT2D eigenvalue weighted by molar-refractivity contribution is -0.244. The van der Waals surface area contributed by atoms with E-state index in [-0.39, 0.29) is 5.56 Å². The number of rotatable bonds is 5. The van der Waals surface area contributed by atoms with Crippen LogP contribution in [0.25, 0.3) is 0 Å². The maximum Gasteiger partial charge on any atom is 0.408 e. The molecule has 2 fully saturated rings. The first-order chi connectivity index (χ1) is 19.3. The minimum atomic E-state index is -5.09. The maximum atomic E-state index is 15.3. The standard InChI is InChI=1S/C31H30F3N3O4/c1-29(2,3)41-28(40)30(31(32,33)34)19-36-27(39)23(35-26(38)22-17-11-6-12-18-22)24(20-13-7-4-8-14-20)37(36)25(30)21-15-9-5-10-16-21/h4-18,23-25H,19H2,1-3H3,(H,35,38)/t23-,24-,25?,30?/m0/s1. The van der Waals surface area contributed by atoms with Crippen molar-refractivity contribution in [1.29, 1.82) is 0 Å². The fraction of sp³-hybridized carbons (Fsp3) is 0.323. The minimum Gasteiger partial charge on any atom is -0.459 e. The second kappa shape index (κ2) is 10.3. The predicted molar refractivity (Wildman–Crippen MR) is 144 cm³/mol. The van der Waals surface area contributed by atoms with Gasteiger partial charge >= 0.3 is 12.1 Å². The monoisotopic (exact) mass is 565 g/mol. The van der Waals surface area contributed by atoms with Crippen molar-refractivity contribution in [2.45, 2.75) is 50.7 Å². The third-order valence-corrected chi connectivity index (χ3v) is 7.38. The van der Waals surface area contributed by atoms with E-state index in [1.165, 1.54) is 37.9 Å². The molecular weight excluding hydrogens is 535 g/mol. The van der Waals surface area contributed by atoms with Crippen LogP contribution in [0.15, 0.2) is 91.0 Å². The van der Waals surface area contributed by atoms with Crippen LogP contribution in [0.5, 0.6) is 0 Å². The average Bonchev–Trinajstić information content (AvgIpc) is 3.42. The number of hydrogen-bond acceptors (Lipinski definition) is 5. The maximum absolute atomic E-state index is 15.3. The van der Waals surface area contributed by atoms with E-state index in [0.29, 0.717) is 11.1 Å². The molecule has 1 N–H and O–H groups in total. The Hall–Kier alpha value is -4.18. The van der Waals surface area contributed by atoms with Gasteiger partial charge in [-0.3, -0.25) is 19.4 Å². The van der Waals surface area contributed by atoms with Crippen LogP contribution >= 0.6 is 0 Å². The summed E-state index contributed by atoms with van der Waals surface area (Å²) in [5, 5.41) is 5.03. The predicted octanol–water partition coefficient (Wildman–Crippen LogP) is 5.23. The minimum absolute atomic E-state index is 0.182. The molecule has 0 radical (unpaired) electrons. The van der Waals surface area contributed by atoms with Crippen LogP contribution in [0.3, 0.4) is 0 Å². The topological polar surface area (TPSA) is 79.0 Å². The molecule has 5 rings (SSSR count). The number of hydrazine groups is 1. The Labute approximate surface area is 235 Å². The Morgan fingerprint density at radius 2 is 1.37 bits per heavy atom. The van der Waals surface area contributed by atoms with Crippen LogP contribution < -0.4 is 5.32 Å². The van der Waals surface area contributed by atoms with E-state index < -0.39 is 59.6 Å². The summed E-state index contributed by atoms with van der Waals surface area (Å²) in [4.78, 5) is 40.8. The summed E-state index contributed by atoms with van der Waals surface area (Å²) in [6, 6.07) is 20.7. The van der Waals surface area contributed by atoms with Gasteiger partial charge in [-0.15, -0.1) is 0 Å². The smallest absolute Gasteiger partial charge is 0.408 e. The van der Waals surface area contributed by atoms with E-state index in [0.717, 1.165) is 5.01 Å². The number of ether oxygens (including phenoxy) is 1. The van der Waals surface area contributed by atoms with Gasteiger partial charge in [0.05, 0.1) is 18.6 Å². The Morgan fingerprint density at radius 1 is 0.854 bits per heavy atom. The normalized spacial score (nSPS) is 24.7. The van der Waals surface area contributed by atoms with Gasteiger partial charge < -0.3 is 10.1 Å². The molecule has 7 nitrogen and oxygen atoms in total. The number of carbonyl (C=O) groups is 3. The Balaban J connectivity index is 1.69. The van der Waals surface area contributed by atoms with Crippen molar-refractivity contribution < 1.29 is 32.3 Å². The van der Waals surface area contributed by atoms with Crippen molar-refractivity contribution in [1.82, 2.24) is 15.3 Å². The van der Waals surface area contributed by atoms with E-state index in [9.17, 15) is 14.4 Å². The van der Waals surface area contributed by atoms with Crippen LogP contribution in [0, 0.1) is 5.41 Å². The fourth-order valence-corrected chi connectivity index (χ4v) is 5.65. The van der Waals surface area contributed by atoms with E-state index in [2.05, 4.69) is 5.32 Å². The summed E-state index contributed by atoms with van der Waals surface area (Å²) < 4.78 is 51.4. The number of fused-ring (bicyclic) bond motifs is 1. The summed E-state index contributed by atoms with van der Waals surface area (Å²) in [6.45, 7) is 3.49. The lowest BCUT2D eigenvalue weighted by Gasteiger charge is -2.39. The average molecular weight is 566 g/mol. The molecular formula is C31H30F3N3O4. The quantitative estimate of drug-likeness (QED) is 0.429. The van der Waals surface area contributed by atoms with Crippen LogP contribution in [-0.4, -0.2) is 52.2 Å². The van der Waals surface area contributed by atoms with E-state index >= 15 is 13.2 Å². The zero-order valence-corrected chi connectivity index (χ0v) is 22.8. The molecule has 3 aromatic rings. The first-order valence-electron chi connectivity index (χ1n) is 13.2. The molecule has 2 amide bonds. The number of halogens is 3. The highest BCUT2D eigenvalue weighted by Crippen LogP contribution is 2.60. The number of nitrogens with one attached hydrogen (secondary N) is 1. The summed E-state index contributed by atoms with van der Waals surface area (Å²) in [6.07, 6.45) is -5.09.